The molecule has 1 aliphatic heterocycles. The van der Waals surface area contributed by atoms with Gasteiger partial charge in [-0.3, -0.25) is 9.59 Å². The van der Waals surface area contributed by atoms with Crippen LogP contribution >= 0.6 is 0 Å². The van der Waals surface area contributed by atoms with Gasteiger partial charge in [0.15, 0.2) is 0 Å². The fourth-order valence-corrected chi connectivity index (χ4v) is 4.16. The van der Waals surface area contributed by atoms with Crippen LogP contribution in [0.15, 0.2) is 54.6 Å². The lowest BCUT2D eigenvalue weighted by atomic mass is 10.0. The van der Waals surface area contributed by atoms with Gasteiger partial charge in [0.1, 0.15) is 11.5 Å². The molecule has 6 heteroatoms. The number of nitrogens with one attached hydrogen (secondary N) is 1. The molecule has 2 amide bonds. The molecular weight excluding hydrogens is 393 g/mol. The summed E-state index contributed by atoms with van der Waals surface area (Å²) in [6.45, 7) is 5.14. The normalized spacial score (nSPS) is 16.6. The summed E-state index contributed by atoms with van der Waals surface area (Å²) < 4.78 is 16.3. The number of aromatic nitrogens is 1. The Morgan fingerprint density at radius 2 is 1.87 bits per heavy atom. The lowest BCUT2D eigenvalue weighted by Crippen LogP contribution is -2.50. The fraction of sp³-hybridized carbons (Fsp3) is 0.360. The van der Waals surface area contributed by atoms with Crippen molar-refractivity contribution in [2.75, 3.05) is 13.1 Å². The van der Waals surface area contributed by atoms with Gasteiger partial charge in [0.25, 0.3) is 5.91 Å². The van der Waals surface area contributed by atoms with E-state index in [1.54, 1.807) is 23.1 Å². The van der Waals surface area contributed by atoms with Crippen LogP contribution in [0.25, 0.3) is 10.9 Å². The summed E-state index contributed by atoms with van der Waals surface area (Å²) in [7, 11) is 0. The number of hydrogen-bond acceptors (Lipinski definition) is 2. The van der Waals surface area contributed by atoms with E-state index in [9.17, 15) is 14.0 Å². The zero-order chi connectivity index (χ0) is 22.0. The number of likely N-dealkylation sites (tertiary alicyclic amines) is 1. The SMILES string of the molecule is CC(C)C(=O)NC1CCCN(C(=O)c2cc3ccccc3n2Cc2ccccc2F)C1. The molecule has 162 valence electrons. The maximum atomic E-state index is 14.4. The molecule has 4 rings (SSSR count). The van der Waals surface area contributed by atoms with Crippen molar-refractivity contribution in [2.24, 2.45) is 5.92 Å². The third-order valence-corrected chi connectivity index (χ3v) is 5.90. The first-order valence-electron chi connectivity index (χ1n) is 10.9. The molecule has 3 aromatic rings. The van der Waals surface area contributed by atoms with E-state index < -0.39 is 0 Å². The van der Waals surface area contributed by atoms with Crippen molar-refractivity contribution >= 4 is 22.7 Å². The van der Waals surface area contributed by atoms with Crippen LogP contribution in [-0.4, -0.2) is 40.4 Å². The minimum absolute atomic E-state index is 0.00738. The Labute approximate surface area is 181 Å². The van der Waals surface area contributed by atoms with Crippen LogP contribution in [0.3, 0.4) is 0 Å². The smallest absolute Gasteiger partial charge is 0.270 e. The molecule has 31 heavy (non-hydrogen) atoms. The number of fused-ring (bicyclic) bond motifs is 1. The highest BCUT2D eigenvalue weighted by Gasteiger charge is 2.28. The number of amides is 2. The van der Waals surface area contributed by atoms with E-state index in [0.717, 1.165) is 23.7 Å². The summed E-state index contributed by atoms with van der Waals surface area (Å²) in [6, 6.07) is 16.3. The molecule has 0 bridgehead atoms. The Morgan fingerprint density at radius 1 is 1.13 bits per heavy atom. The first kappa shape index (κ1) is 21.1. The summed E-state index contributed by atoms with van der Waals surface area (Å²) in [6.07, 6.45) is 1.70. The maximum absolute atomic E-state index is 14.4. The molecule has 1 N–H and O–H groups in total. The second kappa shape index (κ2) is 8.92. The monoisotopic (exact) mass is 421 g/mol. The highest BCUT2D eigenvalue weighted by Crippen LogP contribution is 2.24. The lowest BCUT2D eigenvalue weighted by Gasteiger charge is -2.33. The molecule has 2 aromatic carbocycles. The van der Waals surface area contributed by atoms with Crippen molar-refractivity contribution in [1.29, 1.82) is 0 Å². The minimum Gasteiger partial charge on any atom is -0.351 e. The Morgan fingerprint density at radius 3 is 2.65 bits per heavy atom. The molecule has 1 saturated heterocycles. The topological polar surface area (TPSA) is 54.3 Å². The highest BCUT2D eigenvalue weighted by molar-refractivity contribution is 5.99. The van der Waals surface area contributed by atoms with Gasteiger partial charge in [-0.1, -0.05) is 50.2 Å². The first-order chi connectivity index (χ1) is 14.9. The molecule has 2 heterocycles. The summed E-state index contributed by atoms with van der Waals surface area (Å²) in [4.78, 5) is 27.4. The van der Waals surface area contributed by atoms with E-state index in [-0.39, 0.29) is 36.1 Å². The van der Waals surface area contributed by atoms with E-state index in [0.29, 0.717) is 24.3 Å². The van der Waals surface area contributed by atoms with Crippen molar-refractivity contribution in [1.82, 2.24) is 14.8 Å². The van der Waals surface area contributed by atoms with Crippen molar-refractivity contribution in [3.63, 3.8) is 0 Å². The quantitative estimate of drug-likeness (QED) is 0.671. The van der Waals surface area contributed by atoms with Crippen molar-refractivity contribution in [3.8, 4) is 0 Å². The van der Waals surface area contributed by atoms with Crippen molar-refractivity contribution < 1.29 is 14.0 Å². The van der Waals surface area contributed by atoms with E-state index >= 15 is 0 Å². The van der Waals surface area contributed by atoms with E-state index in [4.69, 9.17) is 0 Å². The standard InChI is InChI=1S/C25H28FN3O2/c1-17(2)24(30)27-20-10-7-13-28(16-20)25(31)23-14-18-8-4-6-12-22(18)29(23)15-19-9-3-5-11-21(19)26/h3-6,8-9,11-12,14,17,20H,7,10,13,15-16H2,1-2H3,(H,27,30). The van der Waals surface area contributed by atoms with E-state index in [1.807, 2.05) is 48.7 Å². The second-order valence-electron chi connectivity index (χ2n) is 8.52. The molecule has 1 atom stereocenters. The summed E-state index contributed by atoms with van der Waals surface area (Å²) >= 11 is 0. The van der Waals surface area contributed by atoms with Crippen LogP contribution < -0.4 is 5.32 Å². The highest BCUT2D eigenvalue weighted by atomic mass is 19.1. The van der Waals surface area contributed by atoms with Crippen LogP contribution in [0.5, 0.6) is 0 Å². The number of piperidine rings is 1. The number of halogens is 1. The average molecular weight is 422 g/mol. The number of carbonyl (C=O) groups excluding carboxylic acids is 2. The summed E-state index contributed by atoms with van der Waals surface area (Å²) in [5.74, 6) is -0.452. The average Bonchev–Trinajstić information content (AvgIpc) is 3.13. The van der Waals surface area contributed by atoms with Gasteiger partial charge in [-0.2, -0.15) is 0 Å². The van der Waals surface area contributed by atoms with Crippen LogP contribution in [0.4, 0.5) is 4.39 Å². The zero-order valence-corrected chi connectivity index (χ0v) is 18.0. The Hall–Kier alpha value is -3.15. The molecule has 1 aliphatic rings. The largest absolute Gasteiger partial charge is 0.351 e. The number of para-hydroxylation sites is 1. The van der Waals surface area contributed by atoms with Crippen LogP contribution in [0, 0.1) is 11.7 Å². The number of hydrogen-bond donors (Lipinski definition) is 1. The van der Waals surface area contributed by atoms with Gasteiger partial charge in [0.2, 0.25) is 5.91 Å². The zero-order valence-electron chi connectivity index (χ0n) is 18.0. The van der Waals surface area contributed by atoms with E-state index in [2.05, 4.69) is 5.32 Å². The Balaban J connectivity index is 1.63. The van der Waals surface area contributed by atoms with Crippen molar-refractivity contribution in [3.05, 3.63) is 71.7 Å². The van der Waals surface area contributed by atoms with Gasteiger partial charge in [0, 0.05) is 41.5 Å². The van der Waals surface area contributed by atoms with Crippen molar-refractivity contribution in [2.45, 2.75) is 39.3 Å². The Kier molecular flexibility index (Phi) is 6.07. The molecule has 1 fully saturated rings. The van der Waals surface area contributed by atoms with Crippen LogP contribution in [0.2, 0.25) is 0 Å². The third kappa shape index (κ3) is 4.48. The first-order valence-corrected chi connectivity index (χ1v) is 10.9. The predicted molar refractivity (Wildman–Crippen MR) is 119 cm³/mol. The lowest BCUT2D eigenvalue weighted by molar-refractivity contribution is -0.125. The summed E-state index contributed by atoms with van der Waals surface area (Å²) in [5, 5.41) is 4.00. The summed E-state index contributed by atoms with van der Waals surface area (Å²) in [5.41, 5.74) is 1.98. The maximum Gasteiger partial charge on any atom is 0.270 e. The fourth-order valence-electron chi connectivity index (χ4n) is 4.16. The van der Waals surface area contributed by atoms with Gasteiger partial charge in [-0.05, 0) is 31.0 Å². The molecule has 0 saturated carbocycles. The van der Waals surface area contributed by atoms with Crippen LogP contribution in [0.1, 0.15) is 42.7 Å². The molecule has 0 aliphatic carbocycles. The number of benzene rings is 2. The molecule has 1 aromatic heterocycles. The third-order valence-electron chi connectivity index (χ3n) is 5.90. The van der Waals surface area contributed by atoms with E-state index in [1.165, 1.54) is 6.07 Å². The van der Waals surface area contributed by atoms with Gasteiger partial charge in [0.05, 0.1) is 6.54 Å². The molecular formula is C25H28FN3O2. The van der Waals surface area contributed by atoms with Crippen LogP contribution in [-0.2, 0) is 11.3 Å². The number of nitrogens with zero attached hydrogens (tertiary/aromatic N) is 2. The molecule has 5 nitrogen and oxygen atoms in total. The number of carbonyl (C=O) groups is 2. The Bertz CT molecular complexity index is 1110. The predicted octanol–water partition coefficient (Wildman–Crippen LogP) is 4.21. The molecule has 0 radical (unpaired) electrons. The minimum atomic E-state index is -0.284. The van der Waals surface area contributed by atoms with Gasteiger partial charge >= 0.3 is 0 Å². The molecule has 0 spiro atoms. The van der Waals surface area contributed by atoms with Gasteiger partial charge in [-0.15, -0.1) is 0 Å². The second-order valence-corrected chi connectivity index (χ2v) is 8.52. The van der Waals surface area contributed by atoms with Gasteiger partial charge in [-0.25, -0.2) is 4.39 Å². The number of rotatable bonds is 5. The van der Waals surface area contributed by atoms with Gasteiger partial charge < -0.3 is 14.8 Å². The molecule has 1 unspecified atom stereocenters.